The fourth-order valence-corrected chi connectivity index (χ4v) is 0.684. The second-order valence-corrected chi connectivity index (χ2v) is 1.73. The van der Waals surface area contributed by atoms with Crippen molar-refractivity contribution in [1.29, 1.82) is 0 Å². The van der Waals surface area contributed by atoms with E-state index in [-0.39, 0.29) is 0 Å². The van der Waals surface area contributed by atoms with Gasteiger partial charge < -0.3 is 4.66 Å². The predicted molar refractivity (Wildman–Crippen MR) is 27.1 cm³/mol. The lowest BCUT2D eigenvalue weighted by atomic mass is 10.3. The van der Waals surface area contributed by atoms with Crippen molar-refractivity contribution in [3.8, 4) is 5.75 Å². The van der Waals surface area contributed by atoms with E-state index in [4.69, 9.17) is 0 Å². The van der Waals surface area contributed by atoms with Gasteiger partial charge in [0.25, 0.3) is 0 Å². The van der Waals surface area contributed by atoms with E-state index < -0.39 is 0 Å². The average molecular weight is 145 g/mol. The lowest BCUT2D eigenvalue weighted by molar-refractivity contribution is -1.25. The van der Waals surface area contributed by atoms with Gasteiger partial charge in [-0.2, -0.15) is 0 Å². The summed E-state index contributed by atoms with van der Waals surface area (Å²) in [6.45, 7) is 0. The van der Waals surface area contributed by atoms with E-state index in [0.717, 1.165) is 0 Å². The molecule has 2 nitrogen and oxygen atoms in total. The maximum atomic E-state index is 9.74. The van der Waals surface area contributed by atoms with Crippen LogP contribution < -0.4 is 8.95 Å². The smallest absolute Gasteiger partial charge is 0.393 e. The first-order chi connectivity index (χ1) is 4.43. The summed E-state index contributed by atoms with van der Waals surface area (Å²) >= 11 is 0.514. The largest absolute Gasteiger partial charge is 0.495 e. The maximum absolute atomic E-state index is 9.74. The molecule has 0 heterocycles. The molecule has 0 radical (unpaired) electrons. The summed E-state index contributed by atoms with van der Waals surface area (Å²) in [7, 11) is 0. The standard InChI is InChI=1S/C6H5ClO2/c8-7-9-6-4-2-1-3-5-6/h1-5H. The highest BCUT2D eigenvalue weighted by atomic mass is 35.6. The van der Waals surface area contributed by atoms with Crippen LogP contribution in [0.25, 0.3) is 0 Å². The Hall–Kier alpha value is -0.730. The first-order valence-electron chi connectivity index (χ1n) is 2.42. The zero-order valence-electron chi connectivity index (χ0n) is 4.58. The van der Waals surface area contributed by atoms with Crippen LogP contribution in [-0.4, -0.2) is 0 Å². The van der Waals surface area contributed by atoms with Crippen LogP contribution in [0.1, 0.15) is 0 Å². The molecular weight excluding hydrogens is 140 g/mol. The third kappa shape index (κ3) is 1.91. The predicted octanol–water partition coefficient (Wildman–Crippen LogP) is 0.341. The molecule has 48 valence electrons. The van der Waals surface area contributed by atoms with Crippen molar-refractivity contribution >= 4 is 0 Å². The fourth-order valence-electron chi connectivity index (χ4n) is 0.508. The summed E-state index contributed by atoms with van der Waals surface area (Å²) in [5.41, 5.74) is 0. The Morgan fingerprint density at radius 1 is 1.22 bits per heavy atom. The number of benzene rings is 1. The molecule has 0 aromatic heterocycles. The van der Waals surface area contributed by atoms with Gasteiger partial charge in [0, 0.05) is 0 Å². The zero-order valence-corrected chi connectivity index (χ0v) is 5.34. The number of hydrogen-bond acceptors (Lipinski definition) is 2. The number of halogens is 1. The van der Waals surface area contributed by atoms with E-state index in [1.54, 1.807) is 24.3 Å². The molecule has 0 bridgehead atoms. The lowest BCUT2D eigenvalue weighted by Crippen LogP contribution is -2.06. The van der Waals surface area contributed by atoms with Gasteiger partial charge in [-0.3, -0.25) is 0 Å². The van der Waals surface area contributed by atoms with Crippen LogP contribution >= 0.6 is 0 Å². The highest BCUT2D eigenvalue weighted by Crippen LogP contribution is 2.06. The van der Waals surface area contributed by atoms with Gasteiger partial charge >= 0.3 is 11.3 Å². The zero-order chi connectivity index (χ0) is 6.53. The minimum absolute atomic E-state index is 0.514. The van der Waals surface area contributed by atoms with Crippen LogP contribution in [-0.2, 0) is 0 Å². The van der Waals surface area contributed by atoms with E-state index in [1.165, 1.54) is 0 Å². The summed E-state index contributed by atoms with van der Waals surface area (Å²) in [5, 5.41) is 0. The minimum Gasteiger partial charge on any atom is -0.495 e. The van der Waals surface area contributed by atoms with Crippen molar-refractivity contribution in [1.82, 2.24) is 0 Å². The molecule has 0 aliphatic heterocycles. The molecule has 0 saturated heterocycles. The highest BCUT2D eigenvalue weighted by Gasteiger charge is 1.93. The molecule has 0 fully saturated rings. The average Bonchev–Trinajstić information content (AvgIpc) is 1.91. The van der Waals surface area contributed by atoms with Gasteiger partial charge in [0.1, 0.15) is 0 Å². The first kappa shape index (κ1) is 6.39. The van der Waals surface area contributed by atoms with Gasteiger partial charge in [0.2, 0.25) is 0 Å². The van der Waals surface area contributed by atoms with E-state index in [1.807, 2.05) is 6.07 Å². The monoisotopic (exact) mass is 144 g/mol. The second kappa shape index (κ2) is 3.33. The Morgan fingerprint density at radius 2 is 1.89 bits per heavy atom. The van der Waals surface area contributed by atoms with Gasteiger partial charge in [-0.15, -0.1) is 0 Å². The van der Waals surface area contributed by atoms with Crippen molar-refractivity contribution in [3.63, 3.8) is 0 Å². The third-order valence-electron chi connectivity index (χ3n) is 0.864. The van der Waals surface area contributed by atoms with Gasteiger partial charge in [-0.25, -0.2) is 4.29 Å². The molecule has 1 aromatic rings. The Labute approximate surface area is 57.1 Å². The van der Waals surface area contributed by atoms with Crippen molar-refractivity contribution in [2.24, 2.45) is 0 Å². The maximum Gasteiger partial charge on any atom is 0.393 e. The quantitative estimate of drug-likeness (QED) is 0.600. The van der Waals surface area contributed by atoms with Crippen molar-refractivity contribution in [2.45, 2.75) is 0 Å². The summed E-state index contributed by atoms with van der Waals surface area (Å²) in [6, 6.07) is 8.89. The first-order valence-corrected chi connectivity index (χ1v) is 3.04. The highest BCUT2D eigenvalue weighted by molar-refractivity contribution is 5.19. The molecule has 3 heteroatoms. The van der Waals surface area contributed by atoms with E-state index in [2.05, 4.69) is 4.29 Å². The summed E-state index contributed by atoms with van der Waals surface area (Å²) in [4.78, 5) is 0. The van der Waals surface area contributed by atoms with Crippen LogP contribution in [0.5, 0.6) is 5.75 Å². The molecule has 9 heavy (non-hydrogen) atoms. The Bertz CT molecular complexity index is 164. The van der Waals surface area contributed by atoms with E-state index in [0.29, 0.717) is 17.1 Å². The molecule has 0 unspecified atom stereocenters. The number of para-hydroxylation sites is 1. The van der Waals surface area contributed by atoms with Crippen LogP contribution in [0, 0.1) is 11.3 Å². The lowest BCUT2D eigenvalue weighted by Gasteiger charge is -1.87. The molecule has 1 aromatic carbocycles. The van der Waals surface area contributed by atoms with E-state index >= 15 is 0 Å². The summed E-state index contributed by atoms with van der Waals surface area (Å²) < 4.78 is 14.2. The molecular formula is C6H5ClO2. The molecule has 0 aliphatic rings. The molecule has 0 spiro atoms. The Morgan fingerprint density at radius 3 is 2.44 bits per heavy atom. The van der Waals surface area contributed by atoms with Gasteiger partial charge in [-0.1, -0.05) is 18.2 Å². The summed E-state index contributed by atoms with van der Waals surface area (Å²) in [6.07, 6.45) is 0. The van der Waals surface area contributed by atoms with Crippen molar-refractivity contribution in [3.05, 3.63) is 30.3 Å². The third-order valence-corrected chi connectivity index (χ3v) is 1.10. The minimum atomic E-state index is 0.514. The SMILES string of the molecule is [O-][Cl+]Oc1ccccc1. The van der Waals surface area contributed by atoms with Crippen LogP contribution in [0.15, 0.2) is 30.3 Å². The van der Waals surface area contributed by atoms with Crippen LogP contribution in [0.2, 0.25) is 0 Å². The molecule has 1 rings (SSSR count). The van der Waals surface area contributed by atoms with Crippen molar-refractivity contribution in [2.75, 3.05) is 0 Å². The Balaban J connectivity index is 2.61. The second-order valence-electron chi connectivity index (χ2n) is 1.45. The molecule has 0 amide bonds. The number of rotatable bonds is 2. The normalized spacial score (nSPS) is 9.00. The van der Waals surface area contributed by atoms with Gasteiger partial charge in [0.15, 0.2) is 5.75 Å². The van der Waals surface area contributed by atoms with Crippen molar-refractivity contribution < 1.29 is 20.3 Å². The topological polar surface area (TPSA) is 32.3 Å². The van der Waals surface area contributed by atoms with E-state index in [9.17, 15) is 4.66 Å². The number of hydrogen-bond donors (Lipinski definition) is 0. The van der Waals surface area contributed by atoms with Gasteiger partial charge in [-0.05, 0) is 12.1 Å². The summed E-state index contributed by atoms with van der Waals surface area (Å²) in [5.74, 6) is 0.570. The van der Waals surface area contributed by atoms with Crippen LogP contribution in [0.4, 0.5) is 0 Å². The molecule has 0 aliphatic carbocycles. The molecule has 0 saturated carbocycles. The van der Waals surface area contributed by atoms with Crippen LogP contribution in [0.3, 0.4) is 0 Å². The fraction of sp³-hybridized carbons (Fsp3) is 0. The molecule has 0 atom stereocenters. The van der Waals surface area contributed by atoms with Gasteiger partial charge in [0.05, 0.1) is 0 Å². The Kier molecular flexibility index (Phi) is 2.36. The molecule has 0 N–H and O–H groups in total.